The lowest BCUT2D eigenvalue weighted by Gasteiger charge is -2.41. The number of aromatic amines is 1. The van der Waals surface area contributed by atoms with E-state index < -0.39 is 5.54 Å². The maximum absolute atomic E-state index is 12.2. The van der Waals surface area contributed by atoms with Crippen molar-refractivity contribution in [2.45, 2.75) is 38.6 Å². The summed E-state index contributed by atoms with van der Waals surface area (Å²) in [6, 6.07) is 0. The topological polar surface area (TPSA) is 78.1 Å². The number of aryl methyl sites for hydroxylation is 1. The highest BCUT2D eigenvalue weighted by atomic mass is 16.2. The molecule has 0 atom stereocenters. The number of imidazole rings is 1. The van der Waals surface area contributed by atoms with Crippen LogP contribution in [0.2, 0.25) is 0 Å². The molecule has 1 saturated carbocycles. The molecule has 114 valence electrons. The van der Waals surface area contributed by atoms with Crippen LogP contribution in [0.3, 0.4) is 0 Å². The zero-order valence-corrected chi connectivity index (χ0v) is 12.6. The Morgan fingerprint density at radius 3 is 2.71 bits per heavy atom. The SMILES string of the molecule is C=CC(=O)N(CC)CC(=O)NC1(c2ncc(C)[nH]2)CCC1. The van der Waals surface area contributed by atoms with Gasteiger partial charge in [0.05, 0.1) is 12.1 Å². The summed E-state index contributed by atoms with van der Waals surface area (Å²) in [6.07, 6.45) is 5.79. The second-order valence-electron chi connectivity index (χ2n) is 5.46. The monoisotopic (exact) mass is 290 g/mol. The normalized spacial score (nSPS) is 15.9. The van der Waals surface area contributed by atoms with E-state index >= 15 is 0 Å². The van der Waals surface area contributed by atoms with Gasteiger partial charge in [-0.15, -0.1) is 0 Å². The van der Waals surface area contributed by atoms with Crippen molar-refractivity contribution in [1.82, 2.24) is 20.2 Å². The Kier molecular flexibility index (Phi) is 4.45. The maximum atomic E-state index is 12.2. The van der Waals surface area contributed by atoms with Crippen LogP contribution in [0.4, 0.5) is 0 Å². The predicted octanol–water partition coefficient (Wildman–Crippen LogP) is 1.25. The van der Waals surface area contributed by atoms with Gasteiger partial charge in [0.25, 0.3) is 0 Å². The van der Waals surface area contributed by atoms with Crippen LogP contribution in [0.15, 0.2) is 18.9 Å². The van der Waals surface area contributed by atoms with Crippen molar-refractivity contribution in [3.8, 4) is 0 Å². The molecule has 21 heavy (non-hydrogen) atoms. The van der Waals surface area contributed by atoms with E-state index in [1.807, 2.05) is 13.8 Å². The van der Waals surface area contributed by atoms with Gasteiger partial charge in [-0.3, -0.25) is 9.59 Å². The second kappa shape index (κ2) is 6.11. The van der Waals surface area contributed by atoms with Crippen LogP contribution in [-0.4, -0.2) is 39.8 Å². The first kappa shape index (κ1) is 15.3. The third-order valence-electron chi connectivity index (χ3n) is 3.94. The molecule has 1 aromatic rings. The highest BCUT2D eigenvalue weighted by Gasteiger charge is 2.42. The molecule has 0 aliphatic heterocycles. The first-order chi connectivity index (χ1) is 10.0. The molecule has 2 rings (SSSR count). The molecule has 1 aliphatic rings. The lowest BCUT2D eigenvalue weighted by Crippen LogP contribution is -2.54. The summed E-state index contributed by atoms with van der Waals surface area (Å²) in [5.41, 5.74) is 0.574. The number of H-pyrrole nitrogens is 1. The van der Waals surface area contributed by atoms with Crippen LogP contribution >= 0.6 is 0 Å². The molecule has 1 aromatic heterocycles. The number of nitrogens with zero attached hydrogens (tertiary/aromatic N) is 2. The Hall–Kier alpha value is -2.11. The summed E-state index contributed by atoms with van der Waals surface area (Å²) in [7, 11) is 0. The molecule has 0 unspecified atom stereocenters. The number of aromatic nitrogens is 2. The maximum Gasteiger partial charge on any atom is 0.246 e. The number of carbonyl (C=O) groups excluding carboxylic acids is 2. The molecule has 0 saturated heterocycles. The molecule has 1 heterocycles. The Balaban J connectivity index is 2.03. The Labute approximate surface area is 124 Å². The molecular formula is C15H22N4O2. The summed E-state index contributed by atoms with van der Waals surface area (Å²) < 4.78 is 0. The van der Waals surface area contributed by atoms with Gasteiger partial charge >= 0.3 is 0 Å². The third-order valence-corrected chi connectivity index (χ3v) is 3.94. The molecule has 6 nitrogen and oxygen atoms in total. The van der Waals surface area contributed by atoms with Crippen molar-refractivity contribution < 1.29 is 9.59 Å². The van der Waals surface area contributed by atoms with E-state index in [1.165, 1.54) is 11.0 Å². The van der Waals surface area contributed by atoms with Crippen molar-refractivity contribution in [1.29, 1.82) is 0 Å². The van der Waals surface area contributed by atoms with Crippen molar-refractivity contribution in [2.75, 3.05) is 13.1 Å². The summed E-state index contributed by atoms with van der Waals surface area (Å²) in [5, 5.41) is 3.04. The number of hydrogen-bond donors (Lipinski definition) is 2. The van der Waals surface area contributed by atoms with Gasteiger partial charge in [0.2, 0.25) is 11.8 Å². The molecule has 2 amide bonds. The number of amides is 2. The average molecular weight is 290 g/mol. The van der Waals surface area contributed by atoms with E-state index in [-0.39, 0.29) is 18.4 Å². The fourth-order valence-electron chi connectivity index (χ4n) is 2.56. The Morgan fingerprint density at radius 2 is 2.29 bits per heavy atom. The van der Waals surface area contributed by atoms with Crippen LogP contribution in [-0.2, 0) is 15.1 Å². The van der Waals surface area contributed by atoms with Crippen LogP contribution in [0.1, 0.15) is 37.7 Å². The molecule has 2 N–H and O–H groups in total. The van der Waals surface area contributed by atoms with Crippen LogP contribution in [0.5, 0.6) is 0 Å². The van der Waals surface area contributed by atoms with E-state index in [1.54, 1.807) is 6.20 Å². The molecule has 0 aromatic carbocycles. The number of hydrogen-bond acceptors (Lipinski definition) is 3. The Morgan fingerprint density at radius 1 is 1.57 bits per heavy atom. The molecule has 1 aliphatic carbocycles. The first-order valence-electron chi connectivity index (χ1n) is 7.25. The third kappa shape index (κ3) is 3.15. The van der Waals surface area contributed by atoms with Gasteiger partial charge in [-0.25, -0.2) is 4.98 Å². The molecule has 0 bridgehead atoms. The minimum Gasteiger partial charge on any atom is -0.344 e. The van der Waals surface area contributed by atoms with Gasteiger partial charge in [0.1, 0.15) is 5.82 Å². The molecule has 0 radical (unpaired) electrons. The standard InChI is InChI=1S/C15H22N4O2/c1-4-13(21)19(5-2)10-12(20)18-15(7-6-8-15)14-16-9-11(3)17-14/h4,9H,1,5-8,10H2,2-3H3,(H,16,17)(H,18,20). The predicted molar refractivity (Wildman–Crippen MR) is 79.4 cm³/mol. The highest BCUT2D eigenvalue weighted by Crippen LogP contribution is 2.39. The highest BCUT2D eigenvalue weighted by molar-refractivity contribution is 5.91. The summed E-state index contributed by atoms with van der Waals surface area (Å²) >= 11 is 0. The van der Waals surface area contributed by atoms with Crippen molar-refractivity contribution in [3.63, 3.8) is 0 Å². The summed E-state index contributed by atoms with van der Waals surface area (Å²) in [5.74, 6) is 0.405. The zero-order chi connectivity index (χ0) is 15.5. The van der Waals surface area contributed by atoms with Crippen LogP contribution in [0, 0.1) is 6.92 Å². The van der Waals surface area contributed by atoms with Gasteiger partial charge in [0, 0.05) is 18.4 Å². The van der Waals surface area contributed by atoms with Gasteiger partial charge in [-0.05, 0) is 39.2 Å². The minimum atomic E-state index is -0.401. The molecule has 6 heteroatoms. The zero-order valence-electron chi connectivity index (χ0n) is 12.6. The van der Waals surface area contributed by atoms with Crippen LogP contribution < -0.4 is 5.32 Å². The lowest BCUT2D eigenvalue weighted by atomic mass is 9.76. The van der Waals surface area contributed by atoms with E-state index in [0.29, 0.717) is 6.54 Å². The molecule has 1 fully saturated rings. The van der Waals surface area contributed by atoms with Gasteiger partial charge in [-0.2, -0.15) is 0 Å². The number of rotatable bonds is 6. The largest absolute Gasteiger partial charge is 0.344 e. The van der Waals surface area contributed by atoms with E-state index in [4.69, 9.17) is 0 Å². The van der Waals surface area contributed by atoms with Gasteiger partial charge in [-0.1, -0.05) is 6.58 Å². The van der Waals surface area contributed by atoms with E-state index in [9.17, 15) is 9.59 Å². The van der Waals surface area contributed by atoms with Gasteiger partial charge in [0.15, 0.2) is 0 Å². The minimum absolute atomic E-state index is 0.0444. The fraction of sp³-hybridized carbons (Fsp3) is 0.533. The lowest BCUT2D eigenvalue weighted by molar-refractivity contribution is -0.133. The van der Waals surface area contributed by atoms with Crippen molar-refractivity contribution in [2.24, 2.45) is 0 Å². The van der Waals surface area contributed by atoms with Crippen molar-refractivity contribution in [3.05, 3.63) is 30.4 Å². The summed E-state index contributed by atoms with van der Waals surface area (Å²) in [4.78, 5) is 32.9. The smallest absolute Gasteiger partial charge is 0.246 e. The Bertz CT molecular complexity index is 546. The molecule has 0 spiro atoms. The number of likely N-dealkylation sites (N-methyl/N-ethyl adjacent to an activating group) is 1. The number of carbonyl (C=O) groups is 2. The van der Waals surface area contributed by atoms with E-state index in [2.05, 4.69) is 21.9 Å². The second-order valence-corrected chi connectivity index (χ2v) is 5.46. The van der Waals surface area contributed by atoms with Gasteiger partial charge < -0.3 is 15.2 Å². The molecular weight excluding hydrogens is 268 g/mol. The fourth-order valence-corrected chi connectivity index (χ4v) is 2.56. The van der Waals surface area contributed by atoms with E-state index in [0.717, 1.165) is 30.8 Å². The number of nitrogens with one attached hydrogen (secondary N) is 2. The van der Waals surface area contributed by atoms with Crippen LogP contribution in [0.25, 0.3) is 0 Å². The quantitative estimate of drug-likeness (QED) is 0.774. The summed E-state index contributed by atoms with van der Waals surface area (Å²) in [6.45, 7) is 7.75. The average Bonchev–Trinajstić information content (AvgIpc) is 2.86. The van der Waals surface area contributed by atoms with Crippen molar-refractivity contribution >= 4 is 11.8 Å². The first-order valence-corrected chi connectivity index (χ1v) is 7.25.